The van der Waals surface area contributed by atoms with Gasteiger partial charge in [-0.05, 0) is 25.0 Å². The highest BCUT2D eigenvalue weighted by Crippen LogP contribution is 2.28. The van der Waals surface area contributed by atoms with Crippen molar-refractivity contribution in [2.75, 3.05) is 6.54 Å². The lowest BCUT2D eigenvalue weighted by Gasteiger charge is -2.22. The van der Waals surface area contributed by atoms with Gasteiger partial charge in [0.15, 0.2) is 0 Å². The molecule has 1 aromatic heterocycles. The summed E-state index contributed by atoms with van der Waals surface area (Å²) in [7, 11) is 0. The lowest BCUT2D eigenvalue weighted by Crippen LogP contribution is -2.36. The number of aromatic nitrogens is 1. The van der Waals surface area contributed by atoms with Crippen molar-refractivity contribution in [3.8, 4) is 0 Å². The van der Waals surface area contributed by atoms with Crippen LogP contribution in [-0.4, -0.2) is 45.5 Å². The van der Waals surface area contributed by atoms with Crippen LogP contribution in [0.4, 0.5) is 8.78 Å². The maximum atomic E-state index is 12.4. The van der Waals surface area contributed by atoms with E-state index < -0.39 is 18.9 Å². The minimum atomic E-state index is -2.54. The maximum Gasteiger partial charge on any atom is 0.305 e. The van der Waals surface area contributed by atoms with Crippen LogP contribution in [0.2, 0.25) is 0 Å². The van der Waals surface area contributed by atoms with E-state index >= 15 is 0 Å². The quantitative estimate of drug-likeness (QED) is 0.831. The molecule has 1 fully saturated rings. The topological polar surface area (TPSA) is 62.5 Å². The van der Waals surface area contributed by atoms with Gasteiger partial charge in [0.05, 0.1) is 13.0 Å². The van der Waals surface area contributed by atoms with Gasteiger partial charge in [0.25, 0.3) is 12.3 Å². The second-order valence-corrected chi connectivity index (χ2v) is 4.81. The third-order valence-corrected chi connectivity index (χ3v) is 3.20. The minimum Gasteiger partial charge on any atom is -0.481 e. The number of hydrogen-bond donors (Lipinski definition) is 1. The normalized spacial score (nSPS) is 14.6. The molecule has 7 heteroatoms. The molecule has 0 atom stereocenters. The van der Waals surface area contributed by atoms with Crippen LogP contribution in [-0.2, 0) is 11.3 Å². The van der Waals surface area contributed by atoms with Crippen LogP contribution in [0.3, 0.4) is 0 Å². The minimum absolute atomic E-state index is 0.0387. The van der Waals surface area contributed by atoms with Gasteiger partial charge in [-0.1, -0.05) is 0 Å². The van der Waals surface area contributed by atoms with Gasteiger partial charge in [-0.25, -0.2) is 8.78 Å². The lowest BCUT2D eigenvalue weighted by molar-refractivity contribution is -0.137. The van der Waals surface area contributed by atoms with Crippen LogP contribution < -0.4 is 0 Å². The molecule has 0 unspecified atom stereocenters. The number of alkyl halides is 2. The van der Waals surface area contributed by atoms with Crippen LogP contribution in [0.1, 0.15) is 29.8 Å². The molecular weight excluding hydrogens is 270 g/mol. The van der Waals surface area contributed by atoms with E-state index in [1.165, 1.54) is 27.8 Å². The molecule has 1 amide bonds. The van der Waals surface area contributed by atoms with Gasteiger partial charge in [0, 0.05) is 18.8 Å². The molecule has 0 radical (unpaired) electrons. The summed E-state index contributed by atoms with van der Waals surface area (Å²) >= 11 is 0. The summed E-state index contributed by atoms with van der Waals surface area (Å²) < 4.78 is 26.1. The fraction of sp³-hybridized carbons (Fsp3) is 0.538. The zero-order valence-corrected chi connectivity index (χ0v) is 10.8. The zero-order valence-electron chi connectivity index (χ0n) is 10.8. The van der Waals surface area contributed by atoms with E-state index in [2.05, 4.69) is 0 Å². The number of amides is 1. The van der Waals surface area contributed by atoms with Crippen molar-refractivity contribution in [2.45, 2.75) is 38.3 Å². The van der Waals surface area contributed by atoms with Gasteiger partial charge in [-0.15, -0.1) is 0 Å². The Balaban J connectivity index is 2.11. The van der Waals surface area contributed by atoms with Gasteiger partial charge in [-0.2, -0.15) is 0 Å². The Bertz CT molecular complexity index is 498. The number of carbonyl (C=O) groups excluding carboxylic acids is 1. The number of carbonyl (C=O) groups is 2. The zero-order chi connectivity index (χ0) is 14.7. The van der Waals surface area contributed by atoms with Crippen LogP contribution in [0.5, 0.6) is 0 Å². The first-order valence-corrected chi connectivity index (χ1v) is 6.45. The van der Waals surface area contributed by atoms with Crippen LogP contribution in [0.15, 0.2) is 18.3 Å². The molecule has 1 heterocycles. The number of nitrogens with zero attached hydrogens (tertiary/aromatic N) is 2. The molecule has 1 N–H and O–H groups in total. The molecule has 0 bridgehead atoms. The lowest BCUT2D eigenvalue weighted by atomic mass is 10.3. The standard InChI is InChI=1S/C13H16F2N2O3/c14-11(15)8-16-6-1-2-10(16)13(20)17(9-3-4-9)7-5-12(18)19/h1-2,6,9,11H,3-5,7-8H2,(H,18,19). The van der Waals surface area contributed by atoms with Crippen molar-refractivity contribution < 1.29 is 23.5 Å². The first-order valence-electron chi connectivity index (χ1n) is 6.45. The molecule has 2 rings (SSSR count). The Morgan fingerprint density at radius 3 is 2.70 bits per heavy atom. The Labute approximate surface area is 114 Å². The number of carboxylic acid groups (broad SMARTS) is 1. The largest absolute Gasteiger partial charge is 0.481 e. The molecule has 1 aliphatic rings. The summed E-state index contributed by atoms with van der Waals surface area (Å²) in [6, 6.07) is 3.07. The van der Waals surface area contributed by atoms with E-state index in [-0.39, 0.29) is 30.6 Å². The third kappa shape index (κ3) is 3.55. The summed E-state index contributed by atoms with van der Waals surface area (Å²) in [6.07, 6.45) is 0.420. The number of hydrogen-bond acceptors (Lipinski definition) is 2. The van der Waals surface area contributed by atoms with Crippen molar-refractivity contribution in [3.05, 3.63) is 24.0 Å². The Hall–Kier alpha value is -1.92. The third-order valence-electron chi connectivity index (χ3n) is 3.20. The van der Waals surface area contributed by atoms with Gasteiger partial charge in [0.2, 0.25) is 0 Å². The second-order valence-electron chi connectivity index (χ2n) is 4.81. The molecule has 1 aliphatic carbocycles. The van der Waals surface area contributed by atoms with Gasteiger partial charge < -0.3 is 14.6 Å². The van der Waals surface area contributed by atoms with E-state index in [1.807, 2.05) is 0 Å². The predicted molar refractivity (Wildman–Crippen MR) is 66.7 cm³/mol. The van der Waals surface area contributed by atoms with E-state index in [1.54, 1.807) is 0 Å². The van der Waals surface area contributed by atoms with E-state index in [0.29, 0.717) is 0 Å². The number of rotatable bonds is 7. The van der Waals surface area contributed by atoms with Crippen molar-refractivity contribution in [1.29, 1.82) is 0 Å². The fourth-order valence-corrected chi connectivity index (χ4v) is 2.12. The molecule has 0 saturated heterocycles. The van der Waals surface area contributed by atoms with Crippen LogP contribution >= 0.6 is 0 Å². The summed E-state index contributed by atoms with van der Waals surface area (Å²) in [6.45, 7) is -0.426. The first kappa shape index (κ1) is 14.5. The van der Waals surface area contributed by atoms with Crippen molar-refractivity contribution in [1.82, 2.24) is 9.47 Å². The highest BCUT2D eigenvalue weighted by molar-refractivity contribution is 5.93. The van der Waals surface area contributed by atoms with Crippen LogP contribution in [0, 0.1) is 0 Å². The average Bonchev–Trinajstić information content (AvgIpc) is 3.08. The van der Waals surface area contributed by atoms with Crippen molar-refractivity contribution >= 4 is 11.9 Å². The van der Waals surface area contributed by atoms with Crippen molar-refractivity contribution in [2.24, 2.45) is 0 Å². The summed E-state index contributed by atoms with van der Waals surface area (Å²) in [5, 5.41) is 8.71. The summed E-state index contributed by atoms with van der Waals surface area (Å²) in [5.74, 6) is -1.36. The molecule has 20 heavy (non-hydrogen) atoms. The number of aliphatic carboxylic acids is 1. The highest BCUT2D eigenvalue weighted by Gasteiger charge is 2.34. The van der Waals surface area contributed by atoms with E-state index in [9.17, 15) is 18.4 Å². The molecule has 0 aliphatic heterocycles. The van der Waals surface area contributed by atoms with Crippen molar-refractivity contribution in [3.63, 3.8) is 0 Å². The molecular formula is C13H16F2N2O3. The number of carboxylic acids is 1. The predicted octanol–water partition coefficient (Wildman–Crippen LogP) is 1.83. The highest BCUT2D eigenvalue weighted by atomic mass is 19.3. The second kappa shape index (κ2) is 6.02. The monoisotopic (exact) mass is 286 g/mol. The van der Waals surface area contributed by atoms with Gasteiger partial charge in [-0.3, -0.25) is 9.59 Å². The molecule has 0 aromatic carbocycles. The maximum absolute atomic E-state index is 12.4. The number of halogens is 2. The van der Waals surface area contributed by atoms with E-state index in [0.717, 1.165) is 12.8 Å². The molecule has 110 valence electrons. The summed E-state index contributed by atoms with van der Waals surface area (Å²) in [5.41, 5.74) is 0.183. The molecule has 1 saturated carbocycles. The Kier molecular flexibility index (Phi) is 4.36. The van der Waals surface area contributed by atoms with E-state index in [4.69, 9.17) is 5.11 Å². The Morgan fingerprint density at radius 1 is 1.45 bits per heavy atom. The Morgan fingerprint density at radius 2 is 2.15 bits per heavy atom. The molecule has 0 spiro atoms. The summed E-state index contributed by atoms with van der Waals surface area (Å²) in [4.78, 5) is 24.5. The van der Waals surface area contributed by atoms with Gasteiger partial charge in [0.1, 0.15) is 5.69 Å². The first-order chi connectivity index (χ1) is 9.49. The SMILES string of the molecule is O=C(O)CCN(C(=O)c1cccn1CC(F)F)C1CC1. The molecule has 1 aromatic rings. The van der Waals surface area contributed by atoms with Gasteiger partial charge >= 0.3 is 5.97 Å². The average molecular weight is 286 g/mol. The van der Waals surface area contributed by atoms with Crippen LogP contribution in [0.25, 0.3) is 0 Å². The molecule has 5 nitrogen and oxygen atoms in total. The smallest absolute Gasteiger partial charge is 0.305 e. The fourth-order valence-electron chi connectivity index (χ4n) is 2.12.